The molecule has 0 aliphatic heterocycles. The number of hydrogen-bond donors (Lipinski definition) is 1. The van der Waals surface area contributed by atoms with Crippen LogP contribution in [0.3, 0.4) is 0 Å². The van der Waals surface area contributed by atoms with Gasteiger partial charge in [-0.15, -0.1) is 11.6 Å². The Morgan fingerprint density at radius 3 is 2.75 bits per heavy atom. The molecule has 0 radical (unpaired) electrons. The number of alkyl halides is 1. The Hall–Kier alpha value is 0.360. The zero-order valence-electron chi connectivity index (χ0n) is 4.17. The van der Waals surface area contributed by atoms with E-state index in [-0.39, 0.29) is 6.61 Å². The van der Waals surface area contributed by atoms with E-state index in [9.17, 15) is 4.21 Å². The fourth-order valence-electron chi connectivity index (χ4n) is 0.185. The van der Waals surface area contributed by atoms with Crippen molar-refractivity contribution in [2.75, 3.05) is 12.5 Å². The zero-order chi connectivity index (χ0) is 6.41. The van der Waals surface area contributed by atoms with E-state index in [4.69, 9.17) is 16.2 Å². The molecule has 0 aromatic carbocycles. The molecule has 0 rings (SSSR count). The molecule has 0 aromatic heterocycles. The lowest BCUT2D eigenvalue weighted by atomic mass is 10.5. The fourth-order valence-corrected chi connectivity index (χ4v) is 0.554. The Morgan fingerprint density at radius 2 is 2.38 bits per heavy atom. The van der Waals surface area contributed by atoms with Crippen LogP contribution >= 0.6 is 11.6 Å². The summed E-state index contributed by atoms with van der Waals surface area (Å²) in [5, 5.41) is 0. The molecule has 3 nitrogen and oxygen atoms in total. The van der Waals surface area contributed by atoms with E-state index in [0.29, 0.717) is 12.3 Å². The smallest absolute Gasteiger partial charge is 0.284 e. The minimum atomic E-state index is -2.13. The molecule has 50 valence electrons. The Kier molecular flexibility index (Phi) is 5.74. The number of halogens is 1. The van der Waals surface area contributed by atoms with E-state index >= 15 is 0 Å². The van der Waals surface area contributed by atoms with Crippen molar-refractivity contribution in [2.24, 2.45) is 0 Å². The van der Waals surface area contributed by atoms with Crippen molar-refractivity contribution in [1.29, 1.82) is 0 Å². The van der Waals surface area contributed by atoms with Gasteiger partial charge in [0.1, 0.15) is 0 Å². The van der Waals surface area contributed by atoms with Crippen molar-refractivity contribution < 1.29 is 12.9 Å². The lowest BCUT2D eigenvalue weighted by Gasteiger charge is -1.91. The van der Waals surface area contributed by atoms with E-state index in [1.54, 1.807) is 0 Å². The predicted molar refractivity (Wildman–Crippen MR) is 32.1 cm³/mol. The molecular formula is C3H7ClO3S. The molecule has 0 heterocycles. The first-order valence-electron chi connectivity index (χ1n) is 2.07. The van der Waals surface area contributed by atoms with E-state index in [1.807, 2.05) is 0 Å². The highest BCUT2D eigenvalue weighted by Crippen LogP contribution is 1.86. The first-order valence-corrected chi connectivity index (χ1v) is 3.64. The largest absolute Gasteiger partial charge is 0.301 e. The summed E-state index contributed by atoms with van der Waals surface area (Å²) in [6.45, 7) is 0.243. The maximum atomic E-state index is 9.72. The average Bonchev–Trinajstić information content (AvgIpc) is 1.66. The van der Waals surface area contributed by atoms with Crippen molar-refractivity contribution in [2.45, 2.75) is 6.42 Å². The first kappa shape index (κ1) is 8.36. The van der Waals surface area contributed by atoms with Crippen molar-refractivity contribution in [1.82, 2.24) is 0 Å². The van der Waals surface area contributed by atoms with Gasteiger partial charge in [0.15, 0.2) is 0 Å². The molecule has 1 atom stereocenters. The molecule has 0 saturated carbocycles. The highest BCUT2D eigenvalue weighted by Gasteiger charge is 1.89. The Balaban J connectivity index is 2.82. The van der Waals surface area contributed by atoms with Crippen LogP contribution in [0.25, 0.3) is 0 Å². The van der Waals surface area contributed by atoms with Crippen LogP contribution in [0.2, 0.25) is 0 Å². The summed E-state index contributed by atoms with van der Waals surface area (Å²) in [6, 6.07) is 0. The van der Waals surface area contributed by atoms with E-state index in [2.05, 4.69) is 4.18 Å². The van der Waals surface area contributed by atoms with Crippen LogP contribution in [0, 0.1) is 0 Å². The van der Waals surface area contributed by atoms with Crippen molar-refractivity contribution >= 4 is 23.0 Å². The van der Waals surface area contributed by atoms with Gasteiger partial charge in [0.2, 0.25) is 0 Å². The summed E-state index contributed by atoms with van der Waals surface area (Å²) in [6.07, 6.45) is 0.605. The topological polar surface area (TPSA) is 46.5 Å². The Morgan fingerprint density at radius 1 is 1.75 bits per heavy atom. The summed E-state index contributed by atoms with van der Waals surface area (Å²) in [5.41, 5.74) is 0. The highest BCUT2D eigenvalue weighted by molar-refractivity contribution is 7.74. The molecule has 5 heteroatoms. The van der Waals surface area contributed by atoms with Gasteiger partial charge in [-0.3, -0.25) is 8.74 Å². The van der Waals surface area contributed by atoms with Gasteiger partial charge in [0.25, 0.3) is 0 Å². The van der Waals surface area contributed by atoms with E-state index in [0.717, 1.165) is 0 Å². The molecular weight excluding hydrogens is 152 g/mol. The highest BCUT2D eigenvalue weighted by atomic mass is 35.5. The van der Waals surface area contributed by atoms with Gasteiger partial charge in [0.05, 0.1) is 6.61 Å². The first-order chi connectivity index (χ1) is 3.77. The maximum absolute atomic E-state index is 9.72. The molecule has 0 aliphatic rings. The van der Waals surface area contributed by atoms with Gasteiger partial charge in [-0.2, -0.15) is 4.21 Å². The summed E-state index contributed by atoms with van der Waals surface area (Å²) in [4.78, 5) is 0. The average molecular weight is 159 g/mol. The van der Waals surface area contributed by atoms with Crippen LogP contribution < -0.4 is 0 Å². The predicted octanol–water partition coefficient (Wildman–Crippen LogP) is 0.769. The third kappa shape index (κ3) is 6.36. The third-order valence-corrected chi connectivity index (χ3v) is 1.10. The summed E-state index contributed by atoms with van der Waals surface area (Å²) >= 11 is 3.10. The molecule has 1 unspecified atom stereocenters. The van der Waals surface area contributed by atoms with Crippen LogP contribution in [-0.2, 0) is 15.5 Å². The molecule has 0 spiro atoms. The second kappa shape index (κ2) is 5.50. The molecule has 0 fully saturated rings. The van der Waals surface area contributed by atoms with Crippen LogP contribution in [0.1, 0.15) is 6.42 Å². The summed E-state index contributed by atoms with van der Waals surface area (Å²) in [7, 11) is 0. The fraction of sp³-hybridized carbons (Fsp3) is 1.00. The standard InChI is InChI=1S/C3H7ClO3S/c4-2-1-3-7-8(5)6/h1-3H2,(H,5,6). The normalized spacial score (nSPS) is 13.8. The van der Waals surface area contributed by atoms with Gasteiger partial charge in [-0.05, 0) is 6.42 Å². The van der Waals surface area contributed by atoms with Gasteiger partial charge < -0.3 is 0 Å². The van der Waals surface area contributed by atoms with Crippen molar-refractivity contribution in [3.05, 3.63) is 0 Å². The molecule has 0 amide bonds. The van der Waals surface area contributed by atoms with Crippen LogP contribution in [0.4, 0.5) is 0 Å². The summed E-state index contributed by atoms with van der Waals surface area (Å²) in [5.74, 6) is 0.456. The Bertz CT molecular complexity index is 76.9. The lowest BCUT2D eigenvalue weighted by molar-refractivity contribution is 0.307. The lowest BCUT2D eigenvalue weighted by Crippen LogP contribution is -1.97. The number of rotatable bonds is 4. The SMILES string of the molecule is O=S(O)OCCCCl. The monoisotopic (exact) mass is 158 g/mol. The van der Waals surface area contributed by atoms with E-state index in [1.165, 1.54) is 0 Å². The van der Waals surface area contributed by atoms with Crippen molar-refractivity contribution in [3.8, 4) is 0 Å². The molecule has 0 bridgehead atoms. The molecule has 8 heavy (non-hydrogen) atoms. The molecule has 1 N–H and O–H groups in total. The minimum absolute atomic E-state index is 0.243. The summed E-state index contributed by atoms with van der Waals surface area (Å²) < 4.78 is 21.9. The quantitative estimate of drug-likeness (QED) is 0.374. The molecule has 0 saturated heterocycles. The van der Waals surface area contributed by atoms with Crippen LogP contribution in [0.5, 0.6) is 0 Å². The molecule has 0 aliphatic carbocycles. The number of hydrogen-bond acceptors (Lipinski definition) is 2. The second-order valence-electron chi connectivity index (χ2n) is 1.08. The van der Waals surface area contributed by atoms with Gasteiger partial charge in [-0.1, -0.05) is 0 Å². The van der Waals surface area contributed by atoms with Crippen LogP contribution in [-0.4, -0.2) is 21.2 Å². The van der Waals surface area contributed by atoms with E-state index < -0.39 is 11.4 Å². The second-order valence-corrected chi connectivity index (χ2v) is 2.13. The zero-order valence-corrected chi connectivity index (χ0v) is 5.74. The van der Waals surface area contributed by atoms with Crippen molar-refractivity contribution in [3.63, 3.8) is 0 Å². The third-order valence-electron chi connectivity index (χ3n) is 0.462. The minimum Gasteiger partial charge on any atom is -0.284 e. The van der Waals surface area contributed by atoms with Gasteiger partial charge in [0, 0.05) is 5.88 Å². The Labute approximate surface area is 55.5 Å². The molecule has 0 aromatic rings. The van der Waals surface area contributed by atoms with Crippen LogP contribution in [0.15, 0.2) is 0 Å². The maximum Gasteiger partial charge on any atom is 0.301 e. The van der Waals surface area contributed by atoms with Gasteiger partial charge >= 0.3 is 11.4 Å². The van der Waals surface area contributed by atoms with Gasteiger partial charge in [-0.25, -0.2) is 0 Å².